The SMILES string of the molecule is Cc1cnc(NC(=O)Cc2cc(OC3CCCC3)cc(Cl)n2)s1. The summed E-state index contributed by atoms with van der Waals surface area (Å²) >= 11 is 7.49. The van der Waals surface area contributed by atoms with E-state index in [0.717, 1.165) is 17.7 Å². The molecular formula is C16H18ClN3O2S. The number of hydrogen-bond acceptors (Lipinski definition) is 5. The van der Waals surface area contributed by atoms with Crippen LogP contribution in [0.25, 0.3) is 0 Å². The molecule has 122 valence electrons. The lowest BCUT2D eigenvalue weighted by molar-refractivity contribution is -0.115. The zero-order valence-electron chi connectivity index (χ0n) is 12.8. The molecule has 0 aliphatic heterocycles. The molecule has 1 aliphatic carbocycles. The molecule has 0 aromatic carbocycles. The predicted octanol–water partition coefficient (Wildman–Crippen LogP) is 4.00. The van der Waals surface area contributed by atoms with Gasteiger partial charge in [0.2, 0.25) is 5.91 Å². The van der Waals surface area contributed by atoms with Gasteiger partial charge in [0, 0.05) is 23.2 Å². The number of aromatic nitrogens is 2. The van der Waals surface area contributed by atoms with E-state index < -0.39 is 0 Å². The molecule has 1 fully saturated rings. The van der Waals surface area contributed by atoms with Gasteiger partial charge in [0.05, 0.1) is 18.2 Å². The van der Waals surface area contributed by atoms with Gasteiger partial charge in [-0.1, -0.05) is 11.6 Å². The lowest BCUT2D eigenvalue weighted by Gasteiger charge is -2.14. The van der Waals surface area contributed by atoms with Gasteiger partial charge in [-0.05, 0) is 32.6 Å². The van der Waals surface area contributed by atoms with Crippen LogP contribution in [0, 0.1) is 6.92 Å². The van der Waals surface area contributed by atoms with Crippen LogP contribution in [-0.2, 0) is 11.2 Å². The van der Waals surface area contributed by atoms with E-state index in [0.29, 0.717) is 21.7 Å². The summed E-state index contributed by atoms with van der Waals surface area (Å²) in [5.74, 6) is 0.519. The fourth-order valence-corrected chi connectivity index (χ4v) is 3.52. The minimum Gasteiger partial charge on any atom is -0.490 e. The van der Waals surface area contributed by atoms with Crippen LogP contribution in [0.1, 0.15) is 36.3 Å². The average Bonchev–Trinajstić information content (AvgIpc) is 3.10. The topological polar surface area (TPSA) is 64.1 Å². The van der Waals surface area contributed by atoms with Crippen LogP contribution in [0.15, 0.2) is 18.3 Å². The highest BCUT2D eigenvalue weighted by molar-refractivity contribution is 7.15. The van der Waals surface area contributed by atoms with Gasteiger partial charge < -0.3 is 10.1 Å². The zero-order valence-corrected chi connectivity index (χ0v) is 14.4. The van der Waals surface area contributed by atoms with E-state index in [-0.39, 0.29) is 18.4 Å². The Balaban J connectivity index is 1.64. The summed E-state index contributed by atoms with van der Waals surface area (Å²) in [6.45, 7) is 1.94. The number of rotatable bonds is 5. The van der Waals surface area contributed by atoms with Crippen molar-refractivity contribution in [3.05, 3.63) is 34.1 Å². The van der Waals surface area contributed by atoms with Gasteiger partial charge in [-0.25, -0.2) is 9.97 Å². The molecule has 1 aliphatic rings. The number of thiazole rings is 1. The Morgan fingerprint density at radius 2 is 2.22 bits per heavy atom. The third-order valence-corrected chi connectivity index (χ3v) is 4.66. The van der Waals surface area contributed by atoms with E-state index in [1.807, 2.05) is 6.92 Å². The number of carbonyl (C=O) groups is 1. The summed E-state index contributed by atoms with van der Waals surface area (Å²) < 4.78 is 5.93. The molecule has 5 nitrogen and oxygen atoms in total. The molecule has 7 heteroatoms. The van der Waals surface area contributed by atoms with Gasteiger partial charge in [0.25, 0.3) is 0 Å². The normalized spacial score (nSPS) is 14.9. The van der Waals surface area contributed by atoms with Gasteiger partial charge in [0.1, 0.15) is 10.9 Å². The van der Waals surface area contributed by atoms with Gasteiger partial charge in [-0.2, -0.15) is 0 Å². The Hall–Kier alpha value is -1.66. The third-order valence-electron chi connectivity index (χ3n) is 3.63. The van der Waals surface area contributed by atoms with E-state index in [1.165, 1.54) is 24.2 Å². The summed E-state index contributed by atoms with van der Waals surface area (Å²) in [7, 11) is 0. The second kappa shape index (κ2) is 7.27. The summed E-state index contributed by atoms with van der Waals surface area (Å²) in [5, 5.41) is 3.70. The highest BCUT2D eigenvalue weighted by Gasteiger charge is 2.17. The van der Waals surface area contributed by atoms with Crippen LogP contribution in [0.3, 0.4) is 0 Å². The predicted molar refractivity (Wildman–Crippen MR) is 91.3 cm³/mol. The number of nitrogens with one attached hydrogen (secondary N) is 1. The largest absolute Gasteiger partial charge is 0.490 e. The second-order valence-corrected chi connectivity index (χ2v) is 7.26. The number of anilines is 1. The lowest BCUT2D eigenvalue weighted by atomic mass is 10.2. The molecule has 1 saturated carbocycles. The molecule has 2 heterocycles. The quantitative estimate of drug-likeness (QED) is 0.827. The Kier molecular flexibility index (Phi) is 5.13. The van der Waals surface area contributed by atoms with Crippen LogP contribution in [0.5, 0.6) is 5.75 Å². The molecule has 1 N–H and O–H groups in total. The number of ether oxygens (including phenoxy) is 1. The number of hydrogen-bond donors (Lipinski definition) is 1. The minimum absolute atomic E-state index is 0.139. The zero-order chi connectivity index (χ0) is 16.2. The molecule has 0 unspecified atom stereocenters. The molecule has 2 aromatic heterocycles. The Morgan fingerprint density at radius 1 is 1.43 bits per heavy atom. The molecule has 3 rings (SSSR count). The first-order valence-electron chi connectivity index (χ1n) is 7.64. The third kappa shape index (κ3) is 4.65. The summed E-state index contributed by atoms with van der Waals surface area (Å²) in [6, 6.07) is 3.49. The molecule has 23 heavy (non-hydrogen) atoms. The first-order valence-corrected chi connectivity index (χ1v) is 8.83. The van der Waals surface area contributed by atoms with Crippen molar-refractivity contribution >= 4 is 34.0 Å². The summed E-state index contributed by atoms with van der Waals surface area (Å²) in [6.07, 6.45) is 6.65. The summed E-state index contributed by atoms with van der Waals surface area (Å²) in [5.41, 5.74) is 0.594. The van der Waals surface area contributed by atoms with Gasteiger partial charge in [0.15, 0.2) is 5.13 Å². The Morgan fingerprint density at radius 3 is 2.91 bits per heavy atom. The molecule has 2 aromatic rings. The smallest absolute Gasteiger partial charge is 0.232 e. The fraction of sp³-hybridized carbons (Fsp3) is 0.438. The minimum atomic E-state index is -0.166. The molecule has 0 saturated heterocycles. The van der Waals surface area contributed by atoms with Crippen molar-refractivity contribution in [2.24, 2.45) is 0 Å². The van der Waals surface area contributed by atoms with Crippen molar-refractivity contribution in [1.29, 1.82) is 0 Å². The van der Waals surface area contributed by atoms with E-state index in [4.69, 9.17) is 16.3 Å². The van der Waals surface area contributed by atoms with Crippen molar-refractivity contribution < 1.29 is 9.53 Å². The number of amides is 1. The van der Waals surface area contributed by atoms with E-state index in [2.05, 4.69) is 15.3 Å². The molecule has 0 spiro atoms. The highest BCUT2D eigenvalue weighted by atomic mass is 35.5. The van der Waals surface area contributed by atoms with Gasteiger partial charge in [-0.15, -0.1) is 11.3 Å². The first-order chi connectivity index (χ1) is 11.1. The molecule has 1 amide bonds. The lowest BCUT2D eigenvalue weighted by Crippen LogP contribution is -2.16. The van der Waals surface area contributed by atoms with Crippen molar-refractivity contribution in [2.45, 2.75) is 45.1 Å². The Labute approximate surface area is 144 Å². The average molecular weight is 352 g/mol. The van der Waals surface area contributed by atoms with Crippen molar-refractivity contribution in [3.8, 4) is 5.75 Å². The Bertz CT molecular complexity index is 698. The number of carbonyl (C=O) groups excluding carboxylic acids is 1. The van der Waals surface area contributed by atoms with Crippen LogP contribution in [0.4, 0.5) is 5.13 Å². The number of aryl methyl sites for hydroxylation is 1. The molecule has 0 radical (unpaired) electrons. The van der Waals surface area contributed by atoms with Crippen LogP contribution >= 0.6 is 22.9 Å². The van der Waals surface area contributed by atoms with Gasteiger partial charge >= 0.3 is 0 Å². The maximum absolute atomic E-state index is 12.1. The standard InChI is InChI=1S/C16H18ClN3O2S/c1-10-9-18-16(23-10)20-15(21)7-11-6-13(8-14(17)19-11)22-12-4-2-3-5-12/h6,8-9,12H,2-5,7H2,1H3,(H,18,20,21). The molecular weight excluding hydrogens is 334 g/mol. The van der Waals surface area contributed by atoms with Crippen LogP contribution in [-0.4, -0.2) is 22.0 Å². The van der Waals surface area contributed by atoms with Crippen molar-refractivity contribution in [3.63, 3.8) is 0 Å². The number of pyridine rings is 1. The second-order valence-electron chi connectivity index (χ2n) is 5.64. The van der Waals surface area contributed by atoms with Gasteiger partial charge in [-0.3, -0.25) is 4.79 Å². The van der Waals surface area contributed by atoms with E-state index >= 15 is 0 Å². The molecule has 0 atom stereocenters. The van der Waals surface area contributed by atoms with E-state index in [1.54, 1.807) is 18.3 Å². The van der Waals surface area contributed by atoms with Crippen LogP contribution < -0.4 is 10.1 Å². The first kappa shape index (κ1) is 16.2. The number of halogens is 1. The van der Waals surface area contributed by atoms with Crippen molar-refractivity contribution in [1.82, 2.24) is 9.97 Å². The maximum Gasteiger partial charge on any atom is 0.232 e. The van der Waals surface area contributed by atoms with Crippen molar-refractivity contribution in [2.75, 3.05) is 5.32 Å². The highest BCUT2D eigenvalue weighted by Crippen LogP contribution is 2.26. The maximum atomic E-state index is 12.1. The molecule has 0 bridgehead atoms. The number of nitrogens with zero attached hydrogens (tertiary/aromatic N) is 2. The fourth-order valence-electron chi connectivity index (χ4n) is 2.62. The monoisotopic (exact) mass is 351 g/mol. The van der Waals surface area contributed by atoms with E-state index in [9.17, 15) is 4.79 Å². The summed E-state index contributed by atoms with van der Waals surface area (Å²) in [4.78, 5) is 21.5. The van der Waals surface area contributed by atoms with Crippen LogP contribution in [0.2, 0.25) is 5.15 Å².